The molecule has 86 heavy (non-hydrogen) atoms. The van der Waals surface area contributed by atoms with Gasteiger partial charge in [-0.1, -0.05) is 404 Å². The number of amides is 1. The summed E-state index contributed by atoms with van der Waals surface area (Å²) in [6.07, 6.45) is 97.1. The monoisotopic (exact) mass is 1210 g/mol. The van der Waals surface area contributed by atoms with Crippen molar-refractivity contribution < 1.29 is 24.5 Å². The van der Waals surface area contributed by atoms with Crippen molar-refractivity contribution in [2.75, 3.05) is 13.2 Å². The number of ether oxygens (including phenoxy) is 1. The summed E-state index contributed by atoms with van der Waals surface area (Å²) in [6.45, 7) is 5.00. The third-order valence-corrected chi connectivity index (χ3v) is 18.8. The van der Waals surface area contributed by atoms with Gasteiger partial charge in [-0.2, -0.15) is 0 Å². The maximum Gasteiger partial charge on any atom is 0.305 e. The number of rotatable bonds is 75. The van der Waals surface area contributed by atoms with Gasteiger partial charge in [-0.3, -0.25) is 9.59 Å². The summed E-state index contributed by atoms with van der Waals surface area (Å²) in [5.41, 5.74) is 0. The summed E-state index contributed by atoms with van der Waals surface area (Å²) in [7, 11) is 0. The van der Waals surface area contributed by atoms with E-state index in [2.05, 4.69) is 43.5 Å². The van der Waals surface area contributed by atoms with Gasteiger partial charge in [0.25, 0.3) is 0 Å². The first-order valence-corrected chi connectivity index (χ1v) is 39.6. The predicted octanol–water partition coefficient (Wildman–Crippen LogP) is 26.0. The number of hydrogen-bond acceptors (Lipinski definition) is 5. The number of hydrogen-bond donors (Lipinski definition) is 3. The van der Waals surface area contributed by atoms with Gasteiger partial charge < -0.3 is 20.3 Å². The molecule has 6 heteroatoms. The first kappa shape index (κ1) is 84.3. The minimum absolute atomic E-state index is 0.0241. The van der Waals surface area contributed by atoms with Crippen LogP contribution in [0.3, 0.4) is 0 Å². The molecule has 3 N–H and O–H groups in total. The summed E-state index contributed by atoms with van der Waals surface area (Å²) < 4.78 is 5.51. The molecule has 0 saturated heterocycles. The van der Waals surface area contributed by atoms with Gasteiger partial charge in [0.05, 0.1) is 25.4 Å². The van der Waals surface area contributed by atoms with E-state index in [4.69, 9.17) is 4.74 Å². The summed E-state index contributed by atoms with van der Waals surface area (Å²) in [5, 5.41) is 23.4. The molecule has 1 amide bonds. The van der Waals surface area contributed by atoms with Gasteiger partial charge in [0, 0.05) is 12.8 Å². The van der Waals surface area contributed by atoms with Crippen molar-refractivity contribution in [3.63, 3.8) is 0 Å². The highest BCUT2D eigenvalue weighted by Crippen LogP contribution is 2.20. The predicted molar refractivity (Wildman–Crippen MR) is 380 cm³/mol. The molecule has 0 aromatic carbocycles. The fraction of sp³-hybridized carbons (Fsp3) is 0.925. The topological polar surface area (TPSA) is 95.9 Å². The van der Waals surface area contributed by atoms with E-state index in [1.807, 2.05) is 0 Å². The van der Waals surface area contributed by atoms with Crippen LogP contribution in [-0.4, -0.2) is 47.4 Å². The number of carbonyl (C=O) groups is 2. The Bertz CT molecular complexity index is 1350. The van der Waals surface area contributed by atoms with Gasteiger partial charge in [0.2, 0.25) is 5.91 Å². The third kappa shape index (κ3) is 71.4. The largest absolute Gasteiger partial charge is 0.466 e. The van der Waals surface area contributed by atoms with E-state index >= 15 is 0 Å². The number of aliphatic hydroxyl groups excluding tert-OH is 2. The Morgan fingerprint density at radius 2 is 0.581 bits per heavy atom. The standard InChI is InChI=1S/C80H155NO5/c1-3-5-7-9-11-13-15-17-44-48-52-56-60-64-68-72-78(83)77(76-82)81-79(84)73-69-65-61-57-53-49-46-42-40-38-36-34-32-30-28-26-24-22-20-19-21-23-25-27-29-31-33-35-37-39-41-43-47-51-55-59-63-67-71-75-86-80(85)74-70-66-62-58-54-50-45-18-16-14-12-10-8-6-4-2/h19-20,23,25,77-78,82-83H,3-18,21-22,24,26-76H2,1-2H3,(H,81,84)/b20-19-,25-23-. The molecule has 0 aromatic heterocycles. The van der Waals surface area contributed by atoms with E-state index in [-0.39, 0.29) is 18.5 Å². The maximum atomic E-state index is 12.5. The fourth-order valence-electron chi connectivity index (χ4n) is 12.7. The average molecular weight is 1210 g/mol. The van der Waals surface area contributed by atoms with Crippen LogP contribution in [0.25, 0.3) is 0 Å². The molecule has 0 saturated carbocycles. The van der Waals surface area contributed by atoms with Crippen LogP contribution in [-0.2, 0) is 14.3 Å². The van der Waals surface area contributed by atoms with E-state index < -0.39 is 12.1 Å². The molecule has 0 aromatic rings. The Kier molecular flexibility index (Phi) is 74.3. The normalized spacial score (nSPS) is 12.6. The highest BCUT2D eigenvalue weighted by molar-refractivity contribution is 5.76. The van der Waals surface area contributed by atoms with E-state index in [0.29, 0.717) is 25.9 Å². The van der Waals surface area contributed by atoms with Gasteiger partial charge in [-0.15, -0.1) is 0 Å². The molecule has 510 valence electrons. The third-order valence-electron chi connectivity index (χ3n) is 18.8. The van der Waals surface area contributed by atoms with Crippen LogP contribution in [0.5, 0.6) is 0 Å². The molecule has 2 unspecified atom stereocenters. The molecule has 0 fully saturated rings. The number of esters is 1. The van der Waals surface area contributed by atoms with Crippen LogP contribution >= 0.6 is 0 Å². The van der Waals surface area contributed by atoms with Crippen LogP contribution in [0, 0.1) is 0 Å². The van der Waals surface area contributed by atoms with Gasteiger partial charge in [0.15, 0.2) is 0 Å². The van der Waals surface area contributed by atoms with Crippen molar-refractivity contribution >= 4 is 11.9 Å². The highest BCUT2D eigenvalue weighted by Gasteiger charge is 2.20. The lowest BCUT2D eigenvalue weighted by atomic mass is 10.0. The molecule has 0 rings (SSSR count). The number of nitrogens with one attached hydrogen (secondary N) is 1. The van der Waals surface area contributed by atoms with E-state index in [0.717, 1.165) is 44.9 Å². The van der Waals surface area contributed by atoms with Crippen molar-refractivity contribution in [1.82, 2.24) is 5.32 Å². The summed E-state index contributed by atoms with van der Waals surface area (Å²) in [6, 6.07) is -0.539. The molecule has 6 nitrogen and oxygen atoms in total. The fourth-order valence-corrected chi connectivity index (χ4v) is 12.7. The van der Waals surface area contributed by atoms with Crippen molar-refractivity contribution in [2.24, 2.45) is 0 Å². The molecule has 0 bridgehead atoms. The lowest BCUT2D eigenvalue weighted by Gasteiger charge is -2.22. The second-order valence-electron chi connectivity index (χ2n) is 27.4. The zero-order valence-electron chi connectivity index (χ0n) is 58.6. The molecule has 0 heterocycles. The maximum absolute atomic E-state index is 12.5. The quantitative estimate of drug-likeness (QED) is 0.0320. The van der Waals surface area contributed by atoms with Crippen molar-refractivity contribution in [1.29, 1.82) is 0 Å². The smallest absolute Gasteiger partial charge is 0.305 e. The Hall–Kier alpha value is -1.66. The van der Waals surface area contributed by atoms with Gasteiger partial charge >= 0.3 is 5.97 Å². The summed E-state index contributed by atoms with van der Waals surface area (Å²) >= 11 is 0. The molecule has 2 atom stereocenters. The van der Waals surface area contributed by atoms with Crippen molar-refractivity contribution in [3.8, 4) is 0 Å². The first-order chi connectivity index (χ1) is 42.5. The second-order valence-corrected chi connectivity index (χ2v) is 27.4. The van der Waals surface area contributed by atoms with Gasteiger partial charge in [-0.25, -0.2) is 0 Å². The van der Waals surface area contributed by atoms with Crippen LogP contribution < -0.4 is 5.32 Å². The van der Waals surface area contributed by atoms with Crippen LogP contribution in [0.15, 0.2) is 24.3 Å². The first-order valence-electron chi connectivity index (χ1n) is 39.6. The molecular weight excluding hydrogens is 1050 g/mol. The van der Waals surface area contributed by atoms with Gasteiger partial charge in [-0.05, 0) is 57.8 Å². The Morgan fingerprint density at radius 3 is 0.884 bits per heavy atom. The highest BCUT2D eigenvalue weighted by atomic mass is 16.5. The number of allylic oxidation sites excluding steroid dienone is 4. The number of unbranched alkanes of at least 4 members (excludes halogenated alkanes) is 60. The van der Waals surface area contributed by atoms with Crippen LogP contribution in [0.4, 0.5) is 0 Å². The summed E-state index contributed by atoms with van der Waals surface area (Å²) in [4.78, 5) is 24.6. The second kappa shape index (κ2) is 75.8. The average Bonchev–Trinajstić information content (AvgIpc) is 3.54. The van der Waals surface area contributed by atoms with Crippen molar-refractivity contribution in [3.05, 3.63) is 24.3 Å². The molecule has 0 aliphatic carbocycles. The van der Waals surface area contributed by atoms with Crippen LogP contribution in [0.2, 0.25) is 0 Å². The number of carbonyl (C=O) groups excluding carboxylic acids is 2. The minimum atomic E-state index is -0.662. The van der Waals surface area contributed by atoms with Crippen molar-refractivity contribution in [2.45, 2.75) is 463 Å². The molecular formula is C80H155NO5. The van der Waals surface area contributed by atoms with E-state index in [1.54, 1.807) is 0 Å². The van der Waals surface area contributed by atoms with E-state index in [1.165, 1.54) is 372 Å². The lowest BCUT2D eigenvalue weighted by Crippen LogP contribution is -2.45. The number of aliphatic hydroxyl groups is 2. The SMILES string of the molecule is CCCCCCCCCCCCCCCCCC(=O)OCCCCCCCCCCCCCCCCC/C=C\C/C=C\CCCCCCCCCCCCCCCCCCCC(=O)NC(CO)C(O)CCCCCCCCCCCCCCCCC. The Morgan fingerprint density at radius 1 is 0.326 bits per heavy atom. The Balaban J connectivity index is 3.33. The molecule has 0 aliphatic rings. The van der Waals surface area contributed by atoms with Gasteiger partial charge in [0.1, 0.15) is 0 Å². The van der Waals surface area contributed by atoms with E-state index in [9.17, 15) is 19.8 Å². The molecule has 0 aliphatic heterocycles. The molecule has 0 radical (unpaired) electrons. The lowest BCUT2D eigenvalue weighted by molar-refractivity contribution is -0.143. The van der Waals surface area contributed by atoms with Crippen LogP contribution in [0.1, 0.15) is 450 Å². The zero-order valence-corrected chi connectivity index (χ0v) is 58.6. The minimum Gasteiger partial charge on any atom is -0.466 e. The zero-order chi connectivity index (χ0) is 62.0. The molecule has 0 spiro atoms. The summed E-state index contributed by atoms with van der Waals surface area (Å²) in [5.74, 6) is -0.00426. The Labute approximate surface area is 539 Å².